The van der Waals surface area contributed by atoms with Crippen LogP contribution in [0.15, 0.2) is 33.7 Å². The highest BCUT2D eigenvalue weighted by Crippen LogP contribution is 2.36. The van der Waals surface area contributed by atoms with Crippen LogP contribution in [0.3, 0.4) is 0 Å². The predicted molar refractivity (Wildman–Crippen MR) is 133 cm³/mol. The van der Waals surface area contributed by atoms with Gasteiger partial charge < -0.3 is 28.5 Å². The number of rotatable bonds is 11. The third-order valence-electron chi connectivity index (χ3n) is 5.37. The van der Waals surface area contributed by atoms with Gasteiger partial charge in [-0.3, -0.25) is 4.79 Å². The lowest BCUT2D eigenvalue weighted by Gasteiger charge is -2.36. The maximum Gasteiger partial charge on any atom is 0.274 e. The zero-order chi connectivity index (χ0) is 23.9. The van der Waals surface area contributed by atoms with Crippen molar-refractivity contribution in [2.75, 3.05) is 38.9 Å². The minimum absolute atomic E-state index is 0.139. The number of halogens is 1. The van der Waals surface area contributed by atoms with E-state index in [-0.39, 0.29) is 10.6 Å². The molecule has 0 radical (unpaired) electrons. The Morgan fingerprint density at radius 3 is 2.47 bits per heavy atom. The minimum Gasteiger partial charge on any atom is -0.486 e. The Hall–Kier alpha value is -1.88. The van der Waals surface area contributed by atoms with E-state index in [0.29, 0.717) is 49.6 Å². The molecule has 2 heterocycles. The normalized spacial score (nSPS) is 12.0. The van der Waals surface area contributed by atoms with Gasteiger partial charge >= 0.3 is 0 Å². The third-order valence-corrected chi connectivity index (χ3v) is 10.3. The van der Waals surface area contributed by atoms with Gasteiger partial charge in [0.2, 0.25) is 0 Å². The van der Waals surface area contributed by atoms with E-state index in [2.05, 4.69) is 60.1 Å². The van der Waals surface area contributed by atoms with Gasteiger partial charge in [-0.25, -0.2) is 0 Å². The summed E-state index contributed by atoms with van der Waals surface area (Å²) < 4.78 is 25.2. The Morgan fingerprint density at radius 1 is 1.12 bits per heavy atom. The quantitative estimate of drug-likeness (QED) is 0.334. The maximum atomic E-state index is 12.4. The summed E-state index contributed by atoms with van der Waals surface area (Å²) in [5.41, 5.74) is 0.230. The smallest absolute Gasteiger partial charge is 0.274 e. The standard InChI is InChI=1S/C22H34BrN3O5Si/c1-22(2,3)32(6,7)31-13-12-29-18-8-9-19(25-20(18)30-11-10-28-5)24-17-14-16(23)15-26(4)21(17)27/h8-9,14-15H,10-13H2,1-7H3,(H,24,25). The first-order chi connectivity index (χ1) is 14.9. The van der Waals surface area contributed by atoms with Crippen LogP contribution in [-0.2, 0) is 16.2 Å². The van der Waals surface area contributed by atoms with Crippen LogP contribution in [-0.4, -0.2) is 51.4 Å². The molecule has 0 fully saturated rings. The summed E-state index contributed by atoms with van der Waals surface area (Å²) in [6, 6.07) is 5.22. The molecule has 2 aromatic rings. The zero-order valence-corrected chi connectivity index (χ0v) is 22.5. The van der Waals surface area contributed by atoms with Gasteiger partial charge in [-0.05, 0) is 52.3 Å². The molecule has 0 unspecified atom stereocenters. The fraction of sp³-hybridized carbons (Fsp3) is 0.545. The molecule has 0 atom stereocenters. The lowest BCUT2D eigenvalue weighted by Crippen LogP contribution is -2.41. The minimum atomic E-state index is -1.84. The van der Waals surface area contributed by atoms with Crippen molar-refractivity contribution in [1.29, 1.82) is 0 Å². The molecule has 0 aromatic carbocycles. The Balaban J connectivity index is 2.13. The first-order valence-electron chi connectivity index (χ1n) is 10.5. The molecule has 0 saturated heterocycles. The SMILES string of the molecule is COCCOc1nc(Nc2cc(Br)cn(C)c2=O)ccc1OCCO[Si](C)(C)C(C)(C)C. The van der Waals surface area contributed by atoms with Crippen LogP contribution in [0.2, 0.25) is 18.1 Å². The van der Waals surface area contributed by atoms with Gasteiger partial charge in [-0.2, -0.15) is 4.98 Å². The molecule has 32 heavy (non-hydrogen) atoms. The molecule has 0 saturated carbocycles. The summed E-state index contributed by atoms with van der Waals surface area (Å²) in [7, 11) is 1.45. The summed E-state index contributed by atoms with van der Waals surface area (Å²) >= 11 is 3.40. The second kappa shape index (κ2) is 11.3. The number of nitrogens with zero attached hydrogens (tertiary/aromatic N) is 2. The lowest BCUT2D eigenvalue weighted by atomic mass is 10.2. The van der Waals surface area contributed by atoms with Crippen LogP contribution in [0.5, 0.6) is 11.6 Å². The zero-order valence-electron chi connectivity index (χ0n) is 20.0. The van der Waals surface area contributed by atoms with Gasteiger partial charge in [0.25, 0.3) is 11.4 Å². The average Bonchev–Trinajstić information content (AvgIpc) is 2.69. The number of pyridine rings is 2. The second-order valence-electron chi connectivity index (χ2n) is 8.91. The van der Waals surface area contributed by atoms with Gasteiger partial charge in [-0.1, -0.05) is 20.8 Å². The van der Waals surface area contributed by atoms with Gasteiger partial charge in [0.1, 0.15) is 24.7 Å². The van der Waals surface area contributed by atoms with E-state index >= 15 is 0 Å². The van der Waals surface area contributed by atoms with Crippen molar-refractivity contribution in [3.8, 4) is 11.6 Å². The molecular formula is C22H34BrN3O5Si. The first kappa shape index (κ1) is 26.4. The topological polar surface area (TPSA) is 83.8 Å². The van der Waals surface area contributed by atoms with E-state index in [1.54, 1.807) is 38.6 Å². The lowest BCUT2D eigenvalue weighted by molar-refractivity contribution is 0.138. The molecule has 0 amide bonds. The highest BCUT2D eigenvalue weighted by Gasteiger charge is 2.36. The highest BCUT2D eigenvalue weighted by molar-refractivity contribution is 9.10. The summed E-state index contributed by atoms with van der Waals surface area (Å²) in [5, 5.41) is 3.19. The van der Waals surface area contributed by atoms with Crippen LogP contribution in [0.4, 0.5) is 11.5 Å². The Morgan fingerprint density at radius 2 is 1.81 bits per heavy atom. The van der Waals surface area contributed by atoms with E-state index in [1.807, 2.05) is 0 Å². The van der Waals surface area contributed by atoms with E-state index in [0.717, 1.165) is 4.47 Å². The Kier molecular flexibility index (Phi) is 9.32. The van der Waals surface area contributed by atoms with E-state index < -0.39 is 8.32 Å². The maximum absolute atomic E-state index is 12.4. The van der Waals surface area contributed by atoms with Gasteiger partial charge in [0.05, 0.1) is 13.2 Å². The number of hydrogen-bond acceptors (Lipinski definition) is 7. The van der Waals surface area contributed by atoms with Crippen molar-refractivity contribution < 1.29 is 18.6 Å². The van der Waals surface area contributed by atoms with Crippen LogP contribution >= 0.6 is 15.9 Å². The van der Waals surface area contributed by atoms with Crippen molar-refractivity contribution in [2.45, 2.75) is 38.9 Å². The highest BCUT2D eigenvalue weighted by atomic mass is 79.9. The molecule has 2 aromatic heterocycles. The average molecular weight is 529 g/mol. The fourth-order valence-corrected chi connectivity index (χ4v) is 4.06. The summed E-state index contributed by atoms with van der Waals surface area (Å²) in [6.07, 6.45) is 1.70. The molecule has 0 aliphatic carbocycles. The van der Waals surface area contributed by atoms with E-state index in [4.69, 9.17) is 18.6 Å². The molecule has 1 N–H and O–H groups in total. The summed E-state index contributed by atoms with van der Waals surface area (Å²) in [5.74, 6) is 1.30. The number of methoxy groups -OCH3 is 1. The van der Waals surface area contributed by atoms with Crippen molar-refractivity contribution >= 4 is 35.8 Å². The van der Waals surface area contributed by atoms with Gasteiger partial charge in [0.15, 0.2) is 14.1 Å². The summed E-state index contributed by atoms with van der Waals surface area (Å²) in [4.78, 5) is 16.9. The van der Waals surface area contributed by atoms with E-state index in [1.165, 1.54) is 4.57 Å². The van der Waals surface area contributed by atoms with Crippen molar-refractivity contribution in [3.05, 3.63) is 39.2 Å². The van der Waals surface area contributed by atoms with Gasteiger partial charge in [-0.15, -0.1) is 0 Å². The Labute approximate surface area is 199 Å². The van der Waals surface area contributed by atoms with Gasteiger partial charge in [0, 0.05) is 24.8 Å². The molecule has 178 valence electrons. The molecular weight excluding hydrogens is 494 g/mol. The summed E-state index contributed by atoms with van der Waals surface area (Å²) in [6.45, 7) is 12.6. The van der Waals surface area contributed by atoms with Crippen LogP contribution in [0.25, 0.3) is 0 Å². The fourth-order valence-electron chi connectivity index (χ4n) is 2.50. The monoisotopic (exact) mass is 527 g/mol. The largest absolute Gasteiger partial charge is 0.486 e. The van der Waals surface area contributed by atoms with Crippen LogP contribution < -0.4 is 20.3 Å². The molecule has 0 aliphatic heterocycles. The van der Waals surface area contributed by atoms with Crippen LogP contribution in [0, 0.1) is 0 Å². The van der Waals surface area contributed by atoms with Crippen molar-refractivity contribution in [2.24, 2.45) is 7.05 Å². The number of aryl methyl sites for hydroxylation is 1. The number of aromatic nitrogens is 2. The number of hydrogen-bond donors (Lipinski definition) is 1. The number of anilines is 2. The molecule has 2 rings (SSSR count). The van der Waals surface area contributed by atoms with E-state index in [9.17, 15) is 4.79 Å². The number of nitrogens with one attached hydrogen (secondary N) is 1. The predicted octanol–water partition coefficient (Wildman–Crippen LogP) is 4.71. The first-order valence-corrected chi connectivity index (χ1v) is 14.2. The molecule has 10 heteroatoms. The Bertz CT molecular complexity index is 960. The molecule has 0 aliphatic rings. The van der Waals surface area contributed by atoms with Crippen molar-refractivity contribution in [1.82, 2.24) is 9.55 Å². The molecule has 0 bridgehead atoms. The molecule has 8 nitrogen and oxygen atoms in total. The third kappa shape index (κ3) is 7.33. The van der Waals surface area contributed by atoms with Crippen molar-refractivity contribution in [3.63, 3.8) is 0 Å². The molecule has 0 spiro atoms. The second-order valence-corrected chi connectivity index (χ2v) is 14.6. The van der Waals surface area contributed by atoms with Crippen LogP contribution in [0.1, 0.15) is 20.8 Å². The number of ether oxygens (including phenoxy) is 3.